The number of aliphatic imine (C=N–C) groups is 1. The topological polar surface area (TPSA) is 48.9 Å². The third kappa shape index (κ3) is 8.27. The summed E-state index contributed by atoms with van der Waals surface area (Å²) < 4.78 is 5.03. The van der Waals surface area contributed by atoms with Gasteiger partial charge in [0.05, 0.1) is 0 Å². The van der Waals surface area contributed by atoms with E-state index in [0.717, 1.165) is 50.3 Å². The Morgan fingerprint density at radius 2 is 1.76 bits per heavy atom. The summed E-state index contributed by atoms with van der Waals surface area (Å²) in [6.07, 6.45) is 3.55. The molecule has 2 atom stereocenters. The second-order valence-electron chi connectivity index (χ2n) is 6.33. The molecule has 5 nitrogen and oxygen atoms in total. The number of rotatable bonds is 8. The molecule has 1 saturated heterocycles. The molecule has 21 heavy (non-hydrogen) atoms. The van der Waals surface area contributed by atoms with Gasteiger partial charge in [-0.2, -0.15) is 0 Å². The minimum absolute atomic E-state index is 0.787. The summed E-state index contributed by atoms with van der Waals surface area (Å²) in [5.74, 6) is 2.58. The van der Waals surface area contributed by atoms with Crippen LogP contribution in [0.4, 0.5) is 0 Å². The molecule has 2 unspecified atom stereocenters. The molecule has 5 heteroatoms. The Bertz CT molecular complexity index is 286. The normalized spacial score (nSPS) is 24.1. The highest BCUT2D eigenvalue weighted by Gasteiger charge is 2.20. The lowest BCUT2D eigenvalue weighted by molar-refractivity contribution is 0.140. The lowest BCUT2D eigenvalue weighted by Gasteiger charge is -2.35. The van der Waals surface area contributed by atoms with Crippen LogP contribution in [0.25, 0.3) is 0 Å². The Labute approximate surface area is 130 Å². The zero-order valence-corrected chi connectivity index (χ0v) is 14.3. The van der Waals surface area contributed by atoms with Crippen molar-refractivity contribution in [3.05, 3.63) is 0 Å². The van der Waals surface area contributed by atoms with Gasteiger partial charge < -0.3 is 20.3 Å². The van der Waals surface area contributed by atoms with Crippen molar-refractivity contribution in [2.45, 2.75) is 33.1 Å². The zero-order chi connectivity index (χ0) is 15.5. The van der Waals surface area contributed by atoms with E-state index in [9.17, 15) is 0 Å². The summed E-state index contributed by atoms with van der Waals surface area (Å²) in [5.41, 5.74) is 0. The van der Waals surface area contributed by atoms with E-state index in [2.05, 4.69) is 34.4 Å². The van der Waals surface area contributed by atoms with Crippen molar-refractivity contribution in [1.29, 1.82) is 0 Å². The van der Waals surface area contributed by atoms with Gasteiger partial charge in [0, 0.05) is 46.9 Å². The average Bonchev–Trinajstić information content (AvgIpc) is 2.44. The van der Waals surface area contributed by atoms with Crippen LogP contribution in [0, 0.1) is 11.8 Å². The van der Waals surface area contributed by atoms with Crippen molar-refractivity contribution in [3.63, 3.8) is 0 Å². The number of guanidine groups is 1. The maximum absolute atomic E-state index is 5.03. The molecule has 0 bridgehead atoms. The molecule has 0 amide bonds. The number of nitrogens with one attached hydrogen (secondary N) is 2. The van der Waals surface area contributed by atoms with Crippen LogP contribution in [-0.4, -0.2) is 64.3 Å². The Kier molecular flexibility index (Phi) is 9.42. The molecular weight excluding hydrogens is 264 g/mol. The number of hydrogen-bond donors (Lipinski definition) is 2. The van der Waals surface area contributed by atoms with E-state index in [4.69, 9.17) is 4.74 Å². The Morgan fingerprint density at radius 1 is 1.14 bits per heavy atom. The molecule has 2 N–H and O–H groups in total. The molecule has 1 fully saturated rings. The van der Waals surface area contributed by atoms with Gasteiger partial charge in [0.25, 0.3) is 0 Å². The van der Waals surface area contributed by atoms with Crippen LogP contribution in [-0.2, 0) is 4.74 Å². The van der Waals surface area contributed by atoms with Gasteiger partial charge in [-0.15, -0.1) is 0 Å². The van der Waals surface area contributed by atoms with Gasteiger partial charge in [0.1, 0.15) is 0 Å². The fraction of sp³-hybridized carbons (Fsp3) is 0.938. The Hall–Kier alpha value is -0.810. The molecule has 0 spiro atoms. The number of likely N-dealkylation sites (tertiary alicyclic amines) is 1. The largest absolute Gasteiger partial charge is 0.385 e. The number of ether oxygens (including phenoxy) is 1. The van der Waals surface area contributed by atoms with Gasteiger partial charge in [-0.1, -0.05) is 13.8 Å². The predicted molar refractivity (Wildman–Crippen MR) is 89.9 cm³/mol. The van der Waals surface area contributed by atoms with Crippen LogP contribution >= 0.6 is 0 Å². The Morgan fingerprint density at radius 3 is 2.33 bits per heavy atom. The first kappa shape index (κ1) is 18.2. The predicted octanol–water partition coefficient (Wildman–Crippen LogP) is 1.56. The van der Waals surface area contributed by atoms with E-state index in [1.807, 2.05) is 7.05 Å². The number of nitrogens with zero attached hydrogens (tertiary/aromatic N) is 2. The van der Waals surface area contributed by atoms with Crippen molar-refractivity contribution in [2.75, 3.05) is 53.5 Å². The van der Waals surface area contributed by atoms with Crippen LogP contribution in [0.1, 0.15) is 33.1 Å². The molecule has 0 aromatic rings. The van der Waals surface area contributed by atoms with Gasteiger partial charge in [-0.05, 0) is 37.6 Å². The molecule has 0 aromatic heterocycles. The van der Waals surface area contributed by atoms with E-state index >= 15 is 0 Å². The summed E-state index contributed by atoms with van der Waals surface area (Å²) in [7, 11) is 3.55. The first-order valence-corrected chi connectivity index (χ1v) is 8.31. The van der Waals surface area contributed by atoms with Crippen molar-refractivity contribution in [2.24, 2.45) is 16.8 Å². The van der Waals surface area contributed by atoms with Crippen molar-refractivity contribution >= 4 is 5.96 Å². The van der Waals surface area contributed by atoms with Crippen LogP contribution < -0.4 is 10.6 Å². The Balaban J connectivity index is 2.09. The van der Waals surface area contributed by atoms with Crippen LogP contribution in [0.2, 0.25) is 0 Å². The maximum atomic E-state index is 5.03. The van der Waals surface area contributed by atoms with Crippen LogP contribution in [0.15, 0.2) is 4.99 Å². The minimum atomic E-state index is 0.787. The SMILES string of the molecule is CN=C(NCCCOC)NCCCN1CC(C)CC(C)C1. The molecule has 0 saturated carbocycles. The van der Waals surface area contributed by atoms with Gasteiger partial charge in [-0.3, -0.25) is 4.99 Å². The summed E-state index contributed by atoms with van der Waals surface area (Å²) >= 11 is 0. The molecular formula is C16H34N4O. The van der Waals surface area contributed by atoms with E-state index in [1.165, 1.54) is 26.1 Å². The highest BCUT2D eigenvalue weighted by atomic mass is 16.5. The fourth-order valence-corrected chi connectivity index (χ4v) is 3.13. The van der Waals surface area contributed by atoms with Crippen LogP contribution in [0.5, 0.6) is 0 Å². The lowest BCUT2D eigenvalue weighted by atomic mass is 9.92. The van der Waals surface area contributed by atoms with E-state index in [-0.39, 0.29) is 0 Å². The standard InChI is InChI=1S/C16H34N4O/c1-14-11-15(2)13-20(12-14)9-5-7-18-16(17-3)19-8-6-10-21-4/h14-15H,5-13H2,1-4H3,(H2,17,18,19). The highest BCUT2D eigenvalue weighted by molar-refractivity contribution is 5.79. The molecule has 0 radical (unpaired) electrons. The first-order valence-electron chi connectivity index (χ1n) is 8.31. The second kappa shape index (κ2) is 10.9. The second-order valence-corrected chi connectivity index (χ2v) is 6.33. The molecule has 1 aliphatic rings. The van der Waals surface area contributed by atoms with Gasteiger partial charge >= 0.3 is 0 Å². The molecule has 124 valence electrons. The number of piperidine rings is 1. The third-order valence-corrected chi connectivity index (χ3v) is 3.93. The highest BCUT2D eigenvalue weighted by Crippen LogP contribution is 2.20. The monoisotopic (exact) mass is 298 g/mol. The summed E-state index contributed by atoms with van der Waals surface area (Å²) in [6, 6.07) is 0. The van der Waals surface area contributed by atoms with E-state index in [0.29, 0.717) is 0 Å². The molecule has 1 heterocycles. The van der Waals surface area contributed by atoms with E-state index in [1.54, 1.807) is 7.11 Å². The molecule has 0 aliphatic carbocycles. The molecule has 1 rings (SSSR count). The van der Waals surface area contributed by atoms with Crippen LogP contribution in [0.3, 0.4) is 0 Å². The molecule has 1 aliphatic heterocycles. The smallest absolute Gasteiger partial charge is 0.190 e. The van der Waals surface area contributed by atoms with Crippen molar-refractivity contribution in [3.8, 4) is 0 Å². The van der Waals surface area contributed by atoms with Gasteiger partial charge in [-0.25, -0.2) is 0 Å². The minimum Gasteiger partial charge on any atom is -0.385 e. The number of hydrogen-bond acceptors (Lipinski definition) is 3. The summed E-state index contributed by atoms with van der Waals surface area (Å²) in [5, 5.41) is 6.68. The zero-order valence-electron chi connectivity index (χ0n) is 14.3. The summed E-state index contributed by atoms with van der Waals surface area (Å²) in [6.45, 7) is 11.1. The van der Waals surface area contributed by atoms with E-state index < -0.39 is 0 Å². The number of methoxy groups -OCH3 is 1. The first-order chi connectivity index (χ1) is 10.2. The van der Waals surface area contributed by atoms with Crippen molar-refractivity contribution in [1.82, 2.24) is 15.5 Å². The van der Waals surface area contributed by atoms with Gasteiger partial charge in [0.2, 0.25) is 0 Å². The summed E-state index contributed by atoms with van der Waals surface area (Å²) in [4.78, 5) is 6.84. The van der Waals surface area contributed by atoms with Gasteiger partial charge in [0.15, 0.2) is 5.96 Å². The maximum Gasteiger partial charge on any atom is 0.190 e. The average molecular weight is 298 g/mol. The lowest BCUT2D eigenvalue weighted by Crippen LogP contribution is -2.42. The fourth-order valence-electron chi connectivity index (χ4n) is 3.13. The van der Waals surface area contributed by atoms with Crippen molar-refractivity contribution < 1.29 is 4.74 Å². The third-order valence-electron chi connectivity index (χ3n) is 3.93. The molecule has 0 aromatic carbocycles. The quantitative estimate of drug-likeness (QED) is 0.406.